The minimum absolute atomic E-state index is 0.0970. The smallest absolute Gasteiger partial charge is 0.310 e. The number of rotatable bonds is 9. The van der Waals surface area contributed by atoms with Crippen LogP contribution in [-0.2, 0) is 10.5 Å². The largest absolute Gasteiger partial charge is 0.477 e. The number of hydrogen-bond donors (Lipinski definition) is 1. The van der Waals surface area contributed by atoms with E-state index in [4.69, 9.17) is 4.74 Å². The van der Waals surface area contributed by atoms with Crippen LogP contribution in [0, 0.1) is 10.1 Å². The molecule has 0 fully saturated rings. The van der Waals surface area contributed by atoms with Crippen LogP contribution in [0.1, 0.15) is 4.88 Å². The Morgan fingerprint density at radius 1 is 1.30 bits per heavy atom. The van der Waals surface area contributed by atoms with Gasteiger partial charge in [0.25, 0.3) is 5.91 Å². The van der Waals surface area contributed by atoms with Gasteiger partial charge in [0.2, 0.25) is 0 Å². The first-order valence-electron chi connectivity index (χ1n) is 6.90. The van der Waals surface area contributed by atoms with Gasteiger partial charge in [-0.1, -0.05) is 18.2 Å². The third kappa shape index (κ3) is 5.91. The standard InChI is InChI=1S/C15H16N2O4S2/c18-15(16-7-9-22-11-12-4-3-8-23-12)10-21-14-6-2-1-5-13(14)17(19)20/h1-6,8H,7,9-11H2,(H,16,18). The van der Waals surface area contributed by atoms with Gasteiger partial charge in [0.15, 0.2) is 12.4 Å². The summed E-state index contributed by atoms with van der Waals surface area (Å²) in [5.41, 5.74) is -0.146. The molecule has 0 saturated carbocycles. The van der Waals surface area contributed by atoms with Crippen molar-refractivity contribution in [3.63, 3.8) is 0 Å². The normalized spacial score (nSPS) is 10.3. The van der Waals surface area contributed by atoms with Gasteiger partial charge < -0.3 is 10.1 Å². The maximum Gasteiger partial charge on any atom is 0.310 e. The molecule has 6 nitrogen and oxygen atoms in total. The summed E-state index contributed by atoms with van der Waals surface area (Å²) in [6, 6.07) is 10.1. The number of nitro benzene ring substituents is 1. The van der Waals surface area contributed by atoms with Crippen molar-refractivity contribution in [2.75, 3.05) is 18.9 Å². The predicted octanol–water partition coefficient (Wildman–Crippen LogP) is 3.08. The third-order valence-electron chi connectivity index (χ3n) is 2.81. The Bertz CT molecular complexity index is 647. The van der Waals surface area contributed by atoms with E-state index in [1.807, 2.05) is 11.4 Å². The van der Waals surface area contributed by atoms with Gasteiger partial charge in [0.1, 0.15) is 0 Å². The van der Waals surface area contributed by atoms with E-state index in [-0.39, 0.29) is 24.0 Å². The number of hydrogen-bond acceptors (Lipinski definition) is 6. The molecule has 0 bridgehead atoms. The lowest BCUT2D eigenvalue weighted by atomic mass is 10.3. The summed E-state index contributed by atoms with van der Waals surface area (Å²) < 4.78 is 5.22. The van der Waals surface area contributed by atoms with Gasteiger partial charge in [-0.2, -0.15) is 11.8 Å². The van der Waals surface area contributed by atoms with E-state index >= 15 is 0 Å². The van der Waals surface area contributed by atoms with Crippen molar-refractivity contribution < 1.29 is 14.5 Å². The summed E-state index contributed by atoms with van der Waals surface area (Å²) in [5, 5.41) is 15.6. The van der Waals surface area contributed by atoms with Gasteiger partial charge in [-0.05, 0) is 17.5 Å². The Kier molecular flexibility index (Phi) is 6.89. The average Bonchev–Trinajstić information content (AvgIpc) is 3.06. The number of ether oxygens (including phenoxy) is 1. The Labute approximate surface area is 142 Å². The molecule has 1 amide bonds. The Morgan fingerprint density at radius 3 is 2.87 bits per heavy atom. The SMILES string of the molecule is O=C(COc1ccccc1[N+](=O)[O-])NCCSCc1cccs1. The van der Waals surface area contributed by atoms with Crippen molar-refractivity contribution in [1.29, 1.82) is 0 Å². The summed E-state index contributed by atoms with van der Waals surface area (Å²) >= 11 is 3.45. The number of amides is 1. The molecule has 0 unspecified atom stereocenters. The van der Waals surface area contributed by atoms with E-state index < -0.39 is 4.92 Å². The Morgan fingerprint density at radius 2 is 2.13 bits per heavy atom. The second kappa shape index (κ2) is 9.16. The molecular formula is C15H16N2O4S2. The van der Waals surface area contributed by atoms with Gasteiger partial charge in [0, 0.05) is 29.0 Å². The van der Waals surface area contributed by atoms with Crippen LogP contribution in [0.5, 0.6) is 5.75 Å². The van der Waals surface area contributed by atoms with Gasteiger partial charge >= 0.3 is 5.69 Å². The maximum atomic E-state index is 11.7. The quantitative estimate of drug-likeness (QED) is 0.426. The van der Waals surface area contributed by atoms with E-state index in [0.717, 1.165) is 11.5 Å². The van der Waals surface area contributed by atoms with Crippen LogP contribution in [0.2, 0.25) is 0 Å². The maximum absolute atomic E-state index is 11.7. The Hall–Kier alpha value is -2.06. The summed E-state index contributed by atoms with van der Waals surface area (Å²) in [7, 11) is 0. The molecule has 1 heterocycles. The van der Waals surface area contributed by atoms with Crippen molar-refractivity contribution in [2.24, 2.45) is 0 Å². The molecule has 122 valence electrons. The molecule has 2 rings (SSSR count). The third-order valence-corrected chi connectivity index (χ3v) is 4.88. The molecule has 0 saturated heterocycles. The number of nitro groups is 1. The first-order valence-corrected chi connectivity index (χ1v) is 8.93. The predicted molar refractivity (Wildman–Crippen MR) is 92.1 cm³/mol. The molecule has 23 heavy (non-hydrogen) atoms. The van der Waals surface area contributed by atoms with E-state index in [9.17, 15) is 14.9 Å². The first-order chi connectivity index (χ1) is 11.2. The molecule has 0 atom stereocenters. The number of thiophene rings is 1. The molecule has 8 heteroatoms. The number of para-hydroxylation sites is 2. The van der Waals surface area contributed by atoms with Gasteiger partial charge in [0.05, 0.1) is 4.92 Å². The minimum Gasteiger partial charge on any atom is -0.477 e. The van der Waals surface area contributed by atoms with Gasteiger partial charge in [-0.3, -0.25) is 14.9 Å². The number of carbonyl (C=O) groups is 1. The highest BCUT2D eigenvalue weighted by Crippen LogP contribution is 2.25. The van der Waals surface area contributed by atoms with Crippen molar-refractivity contribution in [3.05, 3.63) is 56.8 Å². The number of nitrogens with one attached hydrogen (secondary N) is 1. The minimum atomic E-state index is -0.533. The molecule has 0 aliphatic rings. The molecule has 0 spiro atoms. The molecular weight excluding hydrogens is 336 g/mol. The van der Waals surface area contributed by atoms with Crippen LogP contribution in [0.15, 0.2) is 41.8 Å². The molecule has 2 aromatic rings. The number of benzene rings is 1. The van der Waals surface area contributed by atoms with E-state index in [0.29, 0.717) is 6.54 Å². The molecule has 1 aromatic carbocycles. The monoisotopic (exact) mass is 352 g/mol. The highest BCUT2D eigenvalue weighted by atomic mass is 32.2. The second-order valence-corrected chi connectivity index (χ2v) is 6.63. The van der Waals surface area contributed by atoms with Crippen molar-refractivity contribution in [2.45, 2.75) is 5.75 Å². The van der Waals surface area contributed by atoms with Crippen LogP contribution in [0.25, 0.3) is 0 Å². The molecule has 0 aliphatic heterocycles. The summed E-state index contributed by atoms with van der Waals surface area (Å²) in [6.45, 7) is 0.301. The number of nitrogens with zero attached hydrogens (tertiary/aromatic N) is 1. The van der Waals surface area contributed by atoms with Crippen LogP contribution in [-0.4, -0.2) is 29.7 Å². The number of thioether (sulfide) groups is 1. The van der Waals surface area contributed by atoms with Crippen LogP contribution < -0.4 is 10.1 Å². The highest BCUT2D eigenvalue weighted by molar-refractivity contribution is 7.98. The van der Waals surface area contributed by atoms with E-state index in [2.05, 4.69) is 11.4 Å². The van der Waals surface area contributed by atoms with Gasteiger partial charge in [-0.25, -0.2) is 0 Å². The van der Waals surface area contributed by atoms with Crippen molar-refractivity contribution in [3.8, 4) is 5.75 Å². The molecule has 1 N–H and O–H groups in total. The summed E-state index contributed by atoms with van der Waals surface area (Å²) in [4.78, 5) is 23.3. The second-order valence-electron chi connectivity index (χ2n) is 4.50. The highest BCUT2D eigenvalue weighted by Gasteiger charge is 2.14. The van der Waals surface area contributed by atoms with Crippen molar-refractivity contribution >= 4 is 34.7 Å². The van der Waals surface area contributed by atoms with Crippen LogP contribution >= 0.6 is 23.1 Å². The molecule has 1 aromatic heterocycles. The fourth-order valence-electron chi connectivity index (χ4n) is 1.75. The molecule has 0 radical (unpaired) electrons. The summed E-state index contributed by atoms with van der Waals surface area (Å²) in [5.74, 6) is 1.54. The van der Waals surface area contributed by atoms with E-state index in [1.165, 1.54) is 17.0 Å². The topological polar surface area (TPSA) is 81.5 Å². The zero-order valence-electron chi connectivity index (χ0n) is 12.3. The lowest BCUT2D eigenvalue weighted by Crippen LogP contribution is -2.30. The van der Waals surface area contributed by atoms with Crippen molar-refractivity contribution in [1.82, 2.24) is 5.32 Å². The Balaban J connectivity index is 1.64. The fourth-order valence-corrected chi connectivity index (χ4v) is 3.45. The fraction of sp³-hybridized carbons (Fsp3) is 0.267. The lowest BCUT2D eigenvalue weighted by Gasteiger charge is -2.07. The van der Waals surface area contributed by atoms with Crippen LogP contribution in [0.4, 0.5) is 5.69 Å². The average molecular weight is 352 g/mol. The van der Waals surface area contributed by atoms with E-state index in [1.54, 1.807) is 35.2 Å². The summed E-state index contributed by atoms with van der Waals surface area (Å²) in [6.07, 6.45) is 0. The zero-order valence-corrected chi connectivity index (χ0v) is 13.9. The lowest BCUT2D eigenvalue weighted by molar-refractivity contribution is -0.385. The van der Waals surface area contributed by atoms with Gasteiger partial charge in [-0.15, -0.1) is 11.3 Å². The van der Waals surface area contributed by atoms with Crippen LogP contribution in [0.3, 0.4) is 0 Å². The first kappa shape index (κ1) is 17.3. The molecule has 0 aliphatic carbocycles. The zero-order chi connectivity index (χ0) is 16.5. The number of carbonyl (C=O) groups excluding carboxylic acids is 1.